The average molecular weight is 633 g/mol. The minimum atomic E-state index is -4.57. The summed E-state index contributed by atoms with van der Waals surface area (Å²) in [4.78, 5) is 0. The Bertz CT molecular complexity index is 1560. The lowest BCUT2D eigenvalue weighted by molar-refractivity contribution is -0.137. The lowest BCUT2D eigenvalue weighted by Crippen LogP contribution is -2.25. The molecule has 0 atom stereocenters. The average Bonchev–Trinajstić information content (AvgIpc) is 3.13. The number of hydrogen-bond donors (Lipinski definition) is 1. The molecule has 0 aliphatic rings. The van der Waals surface area contributed by atoms with Crippen molar-refractivity contribution in [3.63, 3.8) is 0 Å². The van der Waals surface area contributed by atoms with Crippen molar-refractivity contribution >= 4 is 49.2 Å². The lowest BCUT2D eigenvalue weighted by Gasteiger charge is -2.11. The number of alkyl halides is 3. The molecule has 0 aliphatic carbocycles. The maximum atomic E-state index is 13.0. The highest BCUT2D eigenvalue weighted by Gasteiger charge is 2.30. The van der Waals surface area contributed by atoms with Gasteiger partial charge in [0.15, 0.2) is 0 Å². The first kappa shape index (κ1) is 27.7. The fourth-order valence-electron chi connectivity index (χ4n) is 3.77. The van der Waals surface area contributed by atoms with E-state index in [0.717, 1.165) is 22.2 Å². The van der Waals surface area contributed by atoms with Crippen LogP contribution in [-0.4, -0.2) is 18.2 Å². The first-order valence-corrected chi connectivity index (χ1v) is 14.0. The zero-order chi connectivity index (χ0) is 27.0. The SMILES string of the molecule is Cc1c(CNS(=O)(=O)Cc2cccc(C(F)(F)F)c2)nn(-c2ccc(Cl)cc2Cl)c1-c1ccc(Br)cc1. The summed E-state index contributed by atoms with van der Waals surface area (Å²) in [6.45, 7) is 1.63. The molecule has 5 nitrogen and oxygen atoms in total. The lowest BCUT2D eigenvalue weighted by atomic mass is 10.1. The molecule has 4 aromatic rings. The van der Waals surface area contributed by atoms with E-state index in [-0.39, 0.29) is 12.1 Å². The van der Waals surface area contributed by atoms with Gasteiger partial charge in [-0.25, -0.2) is 17.8 Å². The molecule has 0 amide bonds. The van der Waals surface area contributed by atoms with Crippen molar-refractivity contribution < 1.29 is 21.6 Å². The zero-order valence-electron chi connectivity index (χ0n) is 19.2. The van der Waals surface area contributed by atoms with Gasteiger partial charge in [0.2, 0.25) is 10.0 Å². The van der Waals surface area contributed by atoms with Crippen molar-refractivity contribution in [2.45, 2.75) is 25.4 Å². The van der Waals surface area contributed by atoms with Gasteiger partial charge in [0.1, 0.15) is 0 Å². The van der Waals surface area contributed by atoms with Crippen LogP contribution in [0.25, 0.3) is 16.9 Å². The zero-order valence-corrected chi connectivity index (χ0v) is 23.1. The third-order valence-corrected chi connectivity index (χ3v) is 7.91. The van der Waals surface area contributed by atoms with Gasteiger partial charge >= 0.3 is 6.18 Å². The van der Waals surface area contributed by atoms with Crippen LogP contribution in [0.5, 0.6) is 0 Å². The largest absolute Gasteiger partial charge is 0.416 e. The molecular weight excluding hydrogens is 614 g/mol. The van der Waals surface area contributed by atoms with E-state index >= 15 is 0 Å². The van der Waals surface area contributed by atoms with E-state index in [4.69, 9.17) is 23.2 Å². The Hall–Kier alpha value is -2.37. The number of aromatic nitrogens is 2. The quantitative estimate of drug-likeness (QED) is 0.229. The van der Waals surface area contributed by atoms with Gasteiger partial charge in [-0.05, 0) is 48.9 Å². The number of benzene rings is 3. The van der Waals surface area contributed by atoms with Crippen LogP contribution in [0.1, 0.15) is 22.4 Å². The van der Waals surface area contributed by atoms with E-state index in [0.29, 0.717) is 32.7 Å². The summed E-state index contributed by atoms with van der Waals surface area (Å²) >= 11 is 15.9. The summed E-state index contributed by atoms with van der Waals surface area (Å²) in [5.74, 6) is -0.612. The van der Waals surface area contributed by atoms with Gasteiger partial charge in [-0.2, -0.15) is 18.3 Å². The molecular formula is C25H19BrCl2F3N3O2S. The number of halogens is 6. The van der Waals surface area contributed by atoms with E-state index in [1.807, 2.05) is 24.3 Å². The Morgan fingerprint density at radius 2 is 1.73 bits per heavy atom. The standard InChI is InChI=1S/C25H19BrCl2F3N3O2S/c1-15-22(13-32-37(35,36)14-16-3-2-4-18(11-16)25(29,30)31)33-34(23-10-9-20(27)12-21(23)28)24(15)17-5-7-19(26)8-6-17/h2-12,32H,13-14H2,1H3. The number of nitrogens with one attached hydrogen (secondary N) is 1. The highest BCUT2D eigenvalue weighted by molar-refractivity contribution is 9.10. The van der Waals surface area contributed by atoms with Crippen LogP contribution < -0.4 is 4.72 Å². The molecule has 1 N–H and O–H groups in total. The maximum absolute atomic E-state index is 13.0. The second kappa shape index (κ2) is 10.8. The molecule has 0 fully saturated rings. The van der Waals surface area contributed by atoms with Crippen LogP contribution in [0.2, 0.25) is 10.0 Å². The van der Waals surface area contributed by atoms with Crippen molar-refractivity contribution in [3.05, 3.63) is 104 Å². The van der Waals surface area contributed by atoms with Crippen molar-refractivity contribution in [2.75, 3.05) is 0 Å². The molecule has 3 aromatic carbocycles. The first-order valence-electron chi connectivity index (χ1n) is 10.8. The van der Waals surface area contributed by atoms with Gasteiger partial charge in [-0.1, -0.05) is 69.5 Å². The molecule has 0 saturated heterocycles. The normalized spacial score (nSPS) is 12.2. The summed E-state index contributed by atoms with van der Waals surface area (Å²) in [7, 11) is -3.98. The summed E-state index contributed by atoms with van der Waals surface area (Å²) in [6.07, 6.45) is -4.57. The summed E-state index contributed by atoms with van der Waals surface area (Å²) < 4.78 is 69.5. The molecule has 0 radical (unpaired) electrons. The predicted octanol–water partition coefficient (Wildman–Crippen LogP) is 7.56. The molecule has 0 saturated carbocycles. The molecule has 0 aliphatic heterocycles. The van der Waals surface area contributed by atoms with E-state index in [1.165, 1.54) is 12.1 Å². The van der Waals surface area contributed by atoms with Crippen LogP contribution in [0.15, 0.2) is 71.2 Å². The number of hydrogen-bond acceptors (Lipinski definition) is 3. The number of sulfonamides is 1. The third-order valence-electron chi connectivity index (χ3n) is 5.55. The van der Waals surface area contributed by atoms with Gasteiger partial charge < -0.3 is 0 Å². The number of rotatable bonds is 7. The van der Waals surface area contributed by atoms with Gasteiger partial charge in [-0.15, -0.1) is 0 Å². The molecule has 12 heteroatoms. The summed E-state index contributed by atoms with van der Waals surface area (Å²) in [6, 6.07) is 16.7. The Morgan fingerprint density at radius 3 is 2.38 bits per heavy atom. The van der Waals surface area contributed by atoms with Gasteiger partial charge in [0.25, 0.3) is 0 Å². The third kappa shape index (κ3) is 6.56. The van der Waals surface area contributed by atoms with Gasteiger partial charge in [0.05, 0.1) is 40.0 Å². The fraction of sp³-hybridized carbons (Fsp3) is 0.160. The molecule has 1 aromatic heterocycles. The van der Waals surface area contributed by atoms with Crippen LogP contribution in [0.3, 0.4) is 0 Å². The van der Waals surface area contributed by atoms with E-state index in [1.54, 1.807) is 29.8 Å². The molecule has 194 valence electrons. The van der Waals surface area contributed by atoms with Crippen molar-refractivity contribution in [1.29, 1.82) is 0 Å². The minimum absolute atomic E-state index is 0.0214. The van der Waals surface area contributed by atoms with Crippen molar-refractivity contribution in [1.82, 2.24) is 14.5 Å². The highest BCUT2D eigenvalue weighted by atomic mass is 79.9. The van der Waals surface area contributed by atoms with E-state index < -0.39 is 27.5 Å². The number of nitrogens with zero attached hydrogens (tertiary/aromatic N) is 2. The van der Waals surface area contributed by atoms with E-state index in [2.05, 4.69) is 25.8 Å². The second-order valence-electron chi connectivity index (χ2n) is 8.21. The summed E-state index contributed by atoms with van der Waals surface area (Å²) in [5.41, 5.74) is 2.31. The molecule has 1 heterocycles. The predicted molar refractivity (Wildman–Crippen MR) is 142 cm³/mol. The Kier molecular flexibility index (Phi) is 8.06. The monoisotopic (exact) mass is 631 g/mol. The highest BCUT2D eigenvalue weighted by Crippen LogP contribution is 2.33. The van der Waals surface area contributed by atoms with Crippen molar-refractivity contribution in [2.24, 2.45) is 0 Å². The Balaban J connectivity index is 1.66. The smallest absolute Gasteiger partial charge is 0.231 e. The maximum Gasteiger partial charge on any atom is 0.416 e. The van der Waals surface area contributed by atoms with E-state index in [9.17, 15) is 21.6 Å². The second-order valence-corrected chi connectivity index (χ2v) is 11.8. The van der Waals surface area contributed by atoms with Gasteiger partial charge in [0, 0.05) is 20.6 Å². The topological polar surface area (TPSA) is 64.0 Å². The van der Waals surface area contributed by atoms with Crippen LogP contribution in [0, 0.1) is 6.92 Å². The van der Waals surface area contributed by atoms with Crippen LogP contribution in [0.4, 0.5) is 13.2 Å². The minimum Gasteiger partial charge on any atom is -0.231 e. The molecule has 0 unspecified atom stereocenters. The van der Waals surface area contributed by atoms with Crippen LogP contribution >= 0.6 is 39.1 Å². The van der Waals surface area contributed by atoms with Crippen molar-refractivity contribution in [3.8, 4) is 16.9 Å². The molecule has 0 spiro atoms. The first-order chi connectivity index (χ1) is 17.3. The Labute approximate surface area is 230 Å². The Morgan fingerprint density at radius 1 is 1.03 bits per heavy atom. The van der Waals surface area contributed by atoms with Gasteiger partial charge in [-0.3, -0.25) is 0 Å². The summed E-state index contributed by atoms with van der Waals surface area (Å²) in [5, 5.41) is 5.43. The molecule has 0 bridgehead atoms. The molecule has 37 heavy (non-hydrogen) atoms. The molecule has 4 rings (SSSR count). The fourth-order valence-corrected chi connectivity index (χ4v) is 5.60. The van der Waals surface area contributed by atoms with Crippen LogP contribution in [-0.2, 0) is 28.5 Å².